The third kappa shape index (κ3) is 5.50. The van der Waals surface area contributed by atoms with Gasteiger partial charge < -0.3 is 35.0 Å². The molecule has 1 saturated heterocycles. The van der Waals surface area contributed by atoms with Crippen molar-refractivity contribution in [3.63, 3.8) is 0 Å². The van der Waals surface area contributed by atoms with Crippen molar-refractivity contribution < 1.29 is 57.0 Å². The number of ether oxygens (including phenoxy) is 2. The lowest BCUT2D eigenvalue weighted by atomic mass is 9.33. The van der Waals surface area contributed by atoms with Gasteiger partial charge in [0.1, 0.15) is 29.8 Å². The Morgan fingerprint density at radius 1 is 0.898 bits per heavy atom. The first-order valence-electron chi connectivity index (χ1n) is 18.0. The zero-order chi connectivity index (χ0) is 36.3. The summed E-state index contributed by atoms with van der Waals surface area (Å²) in [7, 11) is -4.61. The van der Waals surface area contributed by atoms with Gasteiger partial charge in [-0.15, -0.1) is 0 Å². The minimum atomic E-state index is -4.61. The van der Waals surface area contributed by atoms with E-state index in [0.29, 0.717) is 32.1 Å². The topological polar surface area (TPSA) is 200 Å². The van der Waals surface area contributed by atoms with Crippen LogP contribution in [0.15, 0.2) is 11.6 Å². The van der Waals surface area contributed by atoms with Gasteiger partial charge in [0, 0.05) is 0 Å². The zero-order valence-electron chi connectivity index (χ0n) is 30.0. The fraction of sp³-hybridized carbons (Fsp3) is 0.917. The Kier molecular flexibility index (Phi) is 9.15. The molecular formula is C36H58O12S. The molecule has 1 heterocycles. The van der Waals surface area contributed by atoms with E-state index in [1.165, 1.54) is 0 Å². The van der Waals surface area contributed by atoms with Crippen LogP contribution in [0.3, 0.4) is 0 Å². The van der Waals surface area contributed by atoms with Gasteiger partial charge in [-0.2, -0.15) is 8.42 Å². The maximum atomic E-state index is 14.5. The number of hydrogen-bond donors (Lipinski definition) is 6. The van der Waals surface area contributed by atoms with E-state index in [1.807, 2.05) is 13.8 Å². The summed E-state index contributed by atoms with van der Waals surface area (Å²) in [5.74, 6) is -0.738. The molecule has 4 saturated carbocycles. The van der Waals surface area contributed by atoms with E-state index in [0.717, 1.165) is 31.3 Å². The van der Waals surface area contributed by atoms with E-state index in [9.17, 15) is 43.3 Å². The molecule has 0 aromatic carbocycles. The average Bonchev–Trinajstić information content (AvgIpc) is 2.98. The number of esters is 1. The van der Waals surface area contributed by atoms with Crippen molar-refractivity contribution in [2.75, 3.05) is 6.61 Å². The number of aliphatic hydroxyl groups is 5. The highest BCUT2D eigenvalue weighted by Crippen LogP contribution is 2.76. The summed E-state index contributed by atoms with van der Waals surface area (Å²) >= 11 is 0. The molecule has 6 N–H and O–H groups in total. The van der Waals surface area contributed by atoms with Crippen molar-refractivity contribution in [2.45, 2.75) is 149 Å². The lowest BCUT2D eigenvalue weighted by Gasteiger charge is -2.71. The SMILES string of the molecule is CC1(C)CC[C@]2(C(=O)O[C@@H]3O[C@H](CO)[C@@H](O)[C@H](O)[C@H]3O)[C@H](O)C[C@]3(C)C(=CC[C@@H]4[C@@]5(C)CC[C@H](OS(=O)(=O)O)C(C)(C)[C@@H]5CC[C@]43C)[C@@H]2C1. The second-order valence-electron chi connectivity index (χ2n) is 18.5. The summed E-state index contributed by atoms with van der Waals surface area (Å²) in [6.45, 7) is 14.7. The molecule has 5 fully saturated rings. The van der Waals surface area contributed by atoms with Crippen molar-refractivity contribution in [1.29, 1.82) is 0 Å². The van der Waals surface area contributed by atoms with Crippen LogP contribution in [0.2, 0.25) is 0 Å². The van der Waals surface area contributed by atoms with Gasteiger partial charge in [-0.1, -0.05) is 60.1 Å². The third-order valence-corrected chi connectivity index (χ3v) is 15.8. The van der Waals surface area contributed by atoms with Gasteiger partial charge in [-0.3, -0.25) is 9.35 Å². The number of rotatable bonds is 5. The van der Waals surface area contributed by atoms with Gasteiger partial charge >= 0.3 is 16.4 Å². The molecule has 5 aliphatic carbocycles. The van der Waals surface area contributed by atoms with Gasteiger partial charge in [0.2, 0.25) is 6.29 Å². The summed E-state index contributed by atoms with van der Waals surface area (Å²) in [6, 6.07) is 0. The highest BCUT2D eigenvalue weighted by molar-refractivity contribution is 7.80. The van der Waals surface area contributed by atoms with E-state index in [1.54, 1.807) is 0 Å². The Hall–Kier alpha value is -1.16. The molecular weight excluding hydrogens is 656 g/mol. The molecule has 0 spiro atoms. The Labute approximate surface area is 290 Å². The first-order chi connectivity index (χ1) is 22.5. The molecule has 0 aromatic rings. The Balaban J connectivity index is 1.36. The summed E-state index contributed by atoms with van der Waals surface area (Å²) in [5.41, 5.74) is -1.72. The van der Waals surface area contributed by atoms with Crippen LogP contribution in [0.25, 0.3) is 0 Å². The van der Waals surface area contributed by atoms with Crippen molar-refractivity contribution in [1.82, 2.24) is 0 Å². The van der Waals surface area contributed by atoms with Crippen LogP contribution in [-0.2, 0) is 28.9 Å². The van der Waals surface area contributed by atoms with Gasteiger partial charge in [0.25, 0.3) is 0 Å². The molecule has 1 aliphatic heterocycles. The van der Waals surface area contributed by atoms with Crippen molar-refractivity contribution in [2.24, 2.45) is 50.2 Å². The van der Waals surface area contributed by atoms with Crippen LogP contribution in [0.1, 0.15) is 106 Å². The molecule has 14 atom stereocenters. The maximum Gasteiger partial charge on any atom is 0.397 e. The number of hydrogen-bond acceptors (Lipinski definition) is 11. The van der Waals surface area contributed by atoms with Gasteiger partial charge in [0.05, 0.1) is 18.8 Å². The number of aliphatic hydroxyl groups excluding tert-OH is 5. The molecule has 6 aliphatic rings. The fourth-order valence-electron chi connectivity index (χ4n) is 12.4. The Morgan fingerprint density at radius 3 is 2.20 bits per heavy atom. The van der Waals surface area contributed by atoms with Crippen LogP contribution in [0, 0.1) is 50.2 Å². The molecule has 12 nitrogen and oxygen atoms in total. The summed E-state index contributed by atoms with van der Waals surface area (Å²) in [4.78, 5) is 14.5. The smallest absolute Gasteiger partial charge is 0.397 e. The fourth-order valence-corrected chi connectivity index (χ4v) is 13.0. The Bertz CT molecular complexity index is 1460. The largest absolute Gasteiger partial charge is 0.432 e. The number of allylic oxidation sites excluding steroid dienone is 2. The summed E-state index contributed by atoms with van der Waals surface area (Å²) in [5, 5.41) is 53.4. The summed E-state index contributed by atoms with van der Waals surface area (Å²) in [6.07, 6.45) is -1.68. The lowest BCUT2D eigenvalue weighted by Crippen LogP contribution is -2.68. The first-order valence-corrected chi connectivity index (χ1v) is 19.4. The molecule has 0 amide bonds. The molecule has 13 heteroatoms. The van der Waals surface area contributed by atoms with Crippen molar-refractivity contribution in [3.8, 4) is 0 Å². The van der Waals surface area contributed by atoms with Crippen LogP contribution < -0.4 is 0 Å². The predicted molar refractivity (Wildman–Crippen MR) is 177 cm³/mol. The minimum Gasteiger partial charge on any atom is -0.432 e. The predicted octanol–water partition coefficient (Wildman–Crippen LogP) is 3.29. The number of fused-ring (bicyclic) bond motifs is 7. The summed E-state index contributed by atoms with van der Waals surface area (Å²) < 4.78 is 49.7. The quantitative estimate of drug-likeness (QED) is 0.138. The minimum absolute atomic E-state index is 0.131. The van der Waals surface area contributed by atoms with Crippen molar-refractivity contribution in [3.05, 3.63) is 11.6 Å². The molecule has 49 heavy (non-hydrogen) atoms. The molecule has 0 aromatic heterocycles. The third-order valence-electron chi connectivity index (χ3n) is 15.3. The van der Waals surface area contributed by atoms with Crippen LogP contribution in [-0.4, -0.2) is 94.0 Å². The van der Waals surface area contributed by atoms with E-state index in [-0.39, 0.29) is 34.0 Å². The van der Waals surface area contributed by atoms with E-state index >= 15 is 0 Å². The van der Waals surface area contributed by atoms with Crippen LogP contribution in [0.5, 0.6) is 0 Å². The second kappa shape index (κ2) is 11.9. The average molecular weight is 715 g/mol. The highest BCUT2D eigenvalue weighted by atomic mass is 32.3. The standard InChI is InChI=1S/C36H58O12S/c1-31(2)14-15-36(30(42)47-29-28(41)27(40)26(39)21(18-37)46-29)20(16-31)19-8-9-23-33(5)12-11-25(48-49(43,44)45)32(3,4)22(33)10-13-34(23,6)35(19,7)17-24(36)38/h8,20-29,37-41H,9-18H2,1-7H3,(H,43,44,45)/t20-,21+,22-,23+,24+,25-,26+,27-,28+,29-,33-,34+,35+,36+/m0/s1. The Morgan fingerprint density at radius 2 is 1.57 bits per heavy atom. The lowest BCUT2D eigenvalue weighted by molar-refractivity contribution is -0.299. The zero-order valence-corrected chi connectivity index (χ0v) is 30.8. The number of carbonyl (C=O) groups excluding carboxylic acids is 1. The van der Waals surface area contributed by atoms with Gasteiger partial charge in [0.15, 0.2) is 0 Å². The van der Waals surface area contributed by atoms with E-state index in [2.05, 4.69) is 40.7 Å². The highest BCUT2D eigenvalue weighted by Gasteiger charge is 2.72. The monoisotopic (exact) mass is 714 g/mol. The maximum absolute atomic E-state index is 14.5. The number of carbonyl (C=O) groups is 1. The van der Waals surface area contributed by atoms with Crippen molar-refractivity contribution >= 4 is 16.4 Å². The molecule has 0 bridgehead atoms. The van der Waals surface area contributed by atoms with Gasteiger partial charge in [-0.25, -0.2) is 4.18 Å². The van der Waals surface area contributed by atoms with E-state index in [4.69, 9.17) is 13.7 Å². The molecule has 0 unspecified atom stereocenters. The molecule has 0 radical (unpaired) electrons. The first kappa shape index (κ1) is 37.6. The van der Waals surface area contributed by atoms with Crippen LogP contribution in [0.4, 0.5) is 0 Å². The normalized spacial score (nSPS) is 50.5. The molecule has 280 valence electrons. The molecule has 6 rings (SSSR count). The van der Waals surface area contributed by atoms with E-state index < -0.39 is 82.1 Å². The van der Waals surface area contributed by atoms with Crippen LogP contribution >= 0.6 is 0 Å². The second-order valence-corrected chi connectivity index (χ2v) is 19.5. The van der Waals surface area contributed by atoms with Gasteiger partial charge in [-0.05, 0) is 103 Å².